The molecule has 0 aromatic carbocycles. The van der Waals surface area contributed by atoms with Gasteiger partial charge in [-0.15, -0.1) is 0 Å². The van der Waals surface area contributed by atoms with Crippen LogP contribution in [0.4, 0.5) is 0 Å². The van der Waals surface area contributed by atoms with Crippen molar-refractivity contribution in [3.8, 4) is 0 Å². The quantitative estimate of drug-likeness (QED) is 0.398. The number of methoxy groups -OCH3 is 2. The number of esters is 2. The SMILES string of the molecule is C=CCOC(=O)C(CCC(=O)OC)NC(=O)C(N)COC. The Morgan fingerprint density at radius 3 is 2.52 bits per heavy atom. The standard InChI is InChI=1S/C13H22N2O6/c1-4-7-21-13(18)10(5-6-11(16)20-3)15-12(17)9(14)8-19-2/h4,9-10H,1,5-8,14H2,2-3H3,(H,15,17). The molecule has 0 aromatic rings. The van der Waals surface area contributed by atoms with Crippen molar-refractivity contribution >= 4 is 17.8 Å². The van der Waals surface area contributed by atoms with E-state index in [4.69, 9.17) is 15.2 Å². The number of ether oxygens (including phenoxy) is 3. The fourth-order valence-electron chi connectivity index (χ4n) is 1.39. The van der Waals surface area contributed by atoms with E-state index in [2.05, 4.69) is 16.6 Å². The molecule has 3 N–H and O–H groups in total. The first kappa shape index (κ1) is 19.1. The fraction of sp³-hybridized carbons (Fsp3) is 0.615. The highest BCUT2D eigenvalue weighted by Crippen LogP contribution is 2.03. The maximum atomic E-state index is 11.8. The van der Waals surface area contributed by atoms with Crippen LogP contribution in [0.3, 0.4) is 0 Å². The van der Waals surface area contributed by atoms with Crippen LogP contribution in [0.1, 0.15) is 12.8 Å². The number of hydrogen-bond acceptors (Lipinski definition) is 7. The number of nitrogens with two attached hydrogens (primary N) is 1. The molecule has 0 rings (SSSR count). The third-order valence-electron chi connectivity index (χ3n) is 2.49. The zero-order chi connectivity index (χ0) is 16.3. The molecule has 0 aromatic heterocycles. The first-order valence-electron chi connectivity index (χ1n) is 6.35. The highest BCUT2D eigenvalue weighted by Gasteiger charge is 2.25. The van der Waals surface area contributed by atoms with Crippen molar-refractivity contribution in [1.29, 1.82) is 0 Å². The summed E-state index contributed by atoms with van der Waals surface area (Å²) in [5.41, 5.74) is 5.56. The number of carbonyl (C=O) groups is 3. The van der Waals surface area contributed by atoms with Gasteiger partial charge < -0.3 is 25.3 Å². The smallest absolute Gasteiger partial charge is 0.328 e. The van der Waals surface area contributed by atoms with Crippen LogP contribution in [-0.4, -0.2) is 57.4 Å². The highest BCUT2D eigenvalue weighted by atomic mass is 16.5. The van der Waals surface area contributed by atoms with Crippen LogP contribution in [0, 0.1) is 0 Å². The summed E-state index contributed by atoms with van der Waals surface area (Å²) in [6, 6.07) is -1.90. The molecule has 0 bridgehead atoms. The Balaban J connectivity index is 4.62. The van der Waals surface area contributed by atoms with Gasteiger partial charge in [-0.1, -0.05) is 12.7 Å². The van der Waals surface area contributed by atoms with Crippen LogP contribution in [0.15, 0.2) is 12.7 Å². The van der Waals surface area contributed by atoms with Gasteiger partial charge in [0, 0.05) is 13.5 Å². The molecule has 0 aliphatic carbocycles. The Morgan fingerprint density at radius 1 is 1.33 bits per heavy atom. The molecule has 8 heteroatoms. The van der Waals surface area contributed by atoms with Gasteiger partial charge in [0.05, 0.1) is 13.7 Å². The Hall–Kier alpha value is -1.93. The third-order valence-corrected chi connectivity index (χ3v) is 2.49. The first-order valence-corrected chi connectivity index (χ1v) is 6.35. The summed E-state index contributed by atoms with van der Waals surface area (Å²) in [7, 11) is 2.64. The summed E-state index contributed by atoms with van der Waals surface area (Å²) < 4.78 is 14.1. The predicted octanol–water partition coefficient (Wildman–Crippen LogP) is -0.873. The monoisotopic (exact) mass is 302 g/mol. The lowest BCUT2D eigenvalue weighted by molar-refractivity contribution is -0.148. The Labute approximate surface area is 123 Å². The average Bonchev–Trinajstić information content (AvgIpc) is 2.48. The van der Waals surface area contributed by atoms with Crippen molar-refractivity contribution < 1.29 is 28.6 Å². The maximum absolute atomic E-state index is 11.8. The number of hydrogen-bond donors (Lipinski definition) is 2. The van der Waals surface area contributed by atoms with Gasteiger partial charge in [0.2, 0.25) is 5.91 Å². The second-order valence-electron chi connectivity index (χ2n) is 4.16. The molecule has 0 aliphatic heterocycles. The molecule has 1 amide bonds. The second-order valence-corrected chi connectivity index (χ2v) is 4.16. The van der Waals surface area contributed by atoms with Crippen molar-refractivity contribution in [2.45, 2.75) is 24.9 Å². The lowest BCUT2D eigenvalue weighted by Crippen LogP contribution is -2.50. The molecule has 120 valence electrons. The molecule has 0 fully saturated rings. The zero-order valence-corrected chi connectivity index (χ0v) is 12.3. The summed E-state index contributed by atoms with van der Waals surface area (Å²) in [5.74, 6) is -1.73. The molecule has 0 saturated carbocycles. The topological polar surface area (TPSA) is 117 Å². The van der Waals surface area contributed by atoms with Crippen LogP contribution in [0.2, 0.25) is 0 Å². The molecule has 2 atom stereocenters. The van der Waals surface area contributed by atoms with E-state index < -0.39 is 29.9 Å². The van der Waals surface area contributed by atoms with Gasteiger partial charge >= 0.3 is 11.9 Å². The van der Waals surface area contributed by atoms with Crippen LogP contribution >= 0.6 is 0 Å². The molecule has 0 heterocycles. The molecule has 21 heavy (non-hydrogen) atoms. The number of rotatable bonds is 10. The van der Waals surface area contributed by atoms with Crippen molar-refractivity contribution in [3.05, 3.63) is 12.7 Å². The normalized spacial score (nSPS) is 12.9. The van der Waals surface area contributed by atoms with Crippen molar-refractivity contribution in [2.75, 3.05) is 27.4 Å². The number of nitrogens with one attached hydrogen (secondary N) is 1. The first-order chi connectivity index (χ1) is 9.96. The second kappa shape index (κ2) is 10.8. The summed E-state index contributed by atoms with van der Waals surface area (Å²) in [4.78, 5) is 34.7. The summed E-state index contributed by atoms with van der Waals surface area (Å²) in [6.45, 7) is 3.44. The molecule has 0 aliphatic rings. The van der Waals surface area contributed by atoms with Gasteiger partial charge in [-0.3, -0.25) is 9.59 Å². The molecule has 8 nitrogen and oxygen atoms in total. The number of amides is 1. The van der Waals surface area contributed by atoms with Crippen LogP contribution in [0.25, 0.3) is 0 Å². The summed E-state index contributed by atoms with van der Waals surface area (Å²) in [5, 5.41) is 2.43. The van der Waals surface area contributed by atoms with E-state index in [1.54, 1.807) is 0 Å². The molecule has 0 spiro atoms. The minimum Gasteiger partial charge on any atom is -0.469 e. The number of carbonyl (C=O) groups excluding carboxylic acids is 3. The van der Waals surface area contributed by atoms with Crippen molar-refractivity contribution in [2.24, 2.45) is 5.73 Å². The average molecular weight is 302 g/mol. The molecule has 0 saturated heterocycles. The van der Waals surface area contributed by atoms with Gasteiger partial charge in [0.1, 0.15) is 18.7 Å². The van der Waals surface area contributed by atoms with Gasteiger partial charge in [-0.25, -0.2) is 4.79 Å². The van der Waals surface area contributed by atoms with E-state index in [-0.39, 0.29) is 26.1 Å². The van der Waals surface area contributed by atoms with Crippen LogP contribution in [-0.2, 0) is 28.6 Å². The van der Waals surface area contributed by atoms with Crippen molar-refractivity contribution in [3.63, 3.8) is 0 Å². The van der Waals surface area contributed by atoms with E-state index in [1.165, 1.54) is 20.3 Å². The van der Waals surface area contributed by atoms with Gasteiger partial charge in [0.15, 0.2) is 0 Å². The maximum Gasteiger partial charge on any atom is 0.328 e. The Bertz CT molecular complexity index is 372. The lowest BCUT2D eigenvalue weighted by atomic mass is 10.1. The van der Waals surface area contributed by atoms with E-state index in [0.717, 1.165) is 0 Å². The van der Waals surface area contributed by atoms with Crippen LogP contribution < -0.4 is 11.1 Å². The summed E-state index contributed by atoms with van der Waals surface area (Å²) >= 11 is 0. The predicted molar refractivity (Wildman–Crippen MR) is 74.2 cm³/mol. The minimum absolute atomic E-state index is 0.00749. The van der Waals surface area contributed by atoms with Gasteiger partial charge in [-0.05, 0) is 6.42 Å². The zero-order valence-electron chi connectivity index (χ0n) is 12.3. The molecular formula is C13H22N2O6. The Morgan fingerprint density at radius 2 is 2.00 bits per heavy atom. The lowest BCUT2D eigenvalue weighted by Gasteiger charge is -2.19. The van der Waals surface area contributed by atoms with Gasteiger partial charge in [0.25, 0.3) is 0 Å². The summed E-state index contributed by atoms with van der Waals surface area (Å²) in [6.07, 6.45) is 1.41. The molecule has 2 unspecified atom stereocenters. The Kier molecular flexibility index (Phi) is 9.82. The van der Waals surface area contributed by atoms with Crippen molar-refractivity contribution in [1.82, 2.24) is 5.32 Å². The van der Waals surface area contributed by atoms with E-state index in [1.807, 2.05) is 0 Å². The molecule has 0 radical (unpaired) electrons. The third kappa shape index (κ3) is 8.05. The van der Waals surface area contributed by atoms with Crippen LogP contribution in [0.5, 0.6) is 0 Å². The highest BCUT2D eigenvalue weighted by molar-refractivity contribution is 5.87. The largest absolute Gasteiger partial charge is 0.469 e. The van der Waals surface area contributed by atoms with E-state index in [0.29, 0.717) is 0 Å². The molecular weight excluding hydrogens is 280 g/mol. The van der Waals surface area contributed by atoms with E-state index in [9.17, 15) is 14.4 Å². The van der Waals surface area contributed by atoms with Gasteiger partial charge in [-0.2, -0.15) is 0 Å². The fourth-order valence-corrected chi connectivity index (χ4v) is 1.39. The minimum atomic E-state index is -0.987. The van der Waals surface area contributed by atoms with E-state index >= 15 is 0 Å².